The highest BCUT2D eigenvalue weighted by Crippen LogP contribution is 2.34. The largest absolute Gasteiger partial charge is 0.310 e. The van der Waals surface area contributed by atoms with Gasteiger partial charge in [0, 0.05) is 32.8 Å². The van der Waals surface area contributed by atoms with Gasteiger partial charge in [-0.05, 0) is 83.6 Å². The Morgan fingerprint density at radius 2 is 1.30 bits per heavy atom. The molecule has 2 heterocycles. The van der Waals surface area contributed by atoms with Crippen LogP contribution >= 0.6 is 0 Å². The number of rotatable bonds is 3. The second-order valence-corrected chi connectivity index (χ2v) is 11.7. The quantitative estimate of drug-likeness (QED) is 0.204. The van der Waals surface area contributed by atoms with Crippen LogP contribution in [-0.2, 0) is 6.42 Å². The third-order valence-electron chi connectivity index (χ3n) is 9.22. The van der Waals surface area contributed by atoms with Gasteiger partial charge in [0.15, 0.2) is 0 Å². The minimum absolute atomic E-state index is 0.859. The Bertz CT molecular complexity index is 2480. The standard InChI is InChI=1S/C42H30N2/c1-3-11-29-19-23-34(27-31(29)12-4-1)44-39-17-9-7-15-35(39)37-24-20-30(21-25-41(37)44)32-22-26-42-38(28-32)36-16-8-10-18-40(36)43(42)33-13-5-2-6-14-33/h1-10,12-20,22-28H,11,21H2. The second kappa shape index (κ2) is 10.00. The van der Waals surface area contributed by atoms with Crippen LogP contribution in [0.5, 0.6) is 0 Å². The van der Waals surface area contributed by atoms with E-state index in [0.717, 1.165) is 12.8 Å². The minimum Gasteiger partial charge on any atom is -0.310 e. The lowest BCUT2D eigenvalue weighted by Gasteiger charge is -2.11. The lowest BCUT2D eigenvalue weighted by Crippen LogP contribution is -2.27. The van der Waals surface area contributed by atoms with Gasteiger partial charge in [-0.15, -0.1) is 0 Å². The van der Waals surface area contributed by atoms with Crippen LogP contribution in [0.4, 0.5) is 0 Å². The summed E-state index contributed by atoms with van der Waals surface area (Å²) in [4.78, 5) is 0. The smallest absolute Gasteiger partial charge is 0.0541 e. The Balaban J connectivity index is 1.20. The van der Waals surface area contributed by atoms with Crippen molar-refractivity contribution >= 4 is 56.5 Å². The van der Waals surface area contributed by atoms with Gasteiger partial charge >= 0.3 is 0 Å². The molecule has 208 valence electrons. The molecule has 0 atom stereocenters. The van der Waals surface area contributed by atoms with Crippen LogP contribution in [0.2, 0.25) is 0 Å². The van der Waals surface area contributed by atoms with E-state index in [4.69, 9.17) is 0 Å². The molecule has 9 rings (SSSR count). The molecule has 2 aliphatic carbocycles. The molecule has 0 N–H and O–H groups in total. The number of para-hydroxylation sites is 3. The molecule has 0 fully saturated rings. The third-order valence-corrected chi connectivity index (χ3v) is 9.22. The van der Waals surface area contributed by atoms with Crippen LogP contribution in [0.25, 0.3) is 67.9 Å². The number of hydrogen-bond acceptors (Lipinski definition) is 0. The van der Waals surface area contributed by atoms with Crippen LogP contribution in [0.1, 0.15) is 23.1 Å². The maximum Gasteiger partial charge on any atom is 0.0541 e. The summed E-state index contributed by atoms with van der Waals surface area (Å²) in [7, 11) is 0. The Morgan fingerprint density at radius 1 is 0.523 bits per heavy atom. The molecule has 5 aromatic carbocycles. The molecular formula is C42H30N2. The normalized spacial score (nSPS) is 14.0. The van der Waals surface area contributed by atoms with E-state index in [1.807, 2.05) is 0 Å². The number of aromatic nitrogens is 2. The van der Waals surface area contributed by atoms with Crippen molar-refractivity contribution in [3.8, 4) is 11.4 Å². The van der Waals surface area contributed by atoms with Crippen LogP contribution in [0, 0.1) is 0 Å². The van der Waals surface area contributed by atoms with Gasteiger partial charge in [0.05, 0.1) is 21.9 Å². The molecule has 2 aromatic heterocycles. The van der Waals surface area contributed by atoms with E-state index in [0.29, 0.717) is 0 Å². The van der Waals surface area contributed by atoms with Gasteiger partial charge in [0.1, 0.15) is 0 Å². The van der Waals surface area contributed by atoms with E-state index >= 15 is 0 Å². The van der Waals surface area contributed by atoms with Crippen molar-refractivity contribution < 1.29 is 0 Å². The van der Waals surface area contributed by atoms with Gasteiger partial charge in [0.25, 0.3) is 0 Å². The summed E-state index contributed by atoms with van der Waals surface area (Å²) in [5.74, 6) is 0. The van der Waals surface area contributed by atoms with E-state index in [2.05, 4.69) is 167 Å². The van der Waals surface area contributed by atoms with Crippen molar-refractivity contribution in [3.05, 3.63) is 167 Å². The number of allylic oxidation sites excluding steroid dienone is 5. The number of benzene rings is 5. The summed E-state index contributed by atoms with van der Waals surface area (Å²) in [6.07, 6.45) is 17.7. The summed E-state index contributed by atoms with van der Waals surface area (Å²) in [5.41, 5.74) is 11.4. The van der Waals surface area contributed by atoms with Crippen molar-refractivity contribution in [2.75, 3.05) is 0 Å². The predicted molar refractivity (Wildman–Crippen MR) is 187 cm³/mol. The Hall–Kier alpha value is -5.60. The molecule has 44 heavy (non-hydrogen) atoms. The highest BCUT2D eigenvalue weighted by molar-refractivity contribution is 6.10. The maximum absolute atomic E-state index is 2.45. The number of nitrogens with zero attached hydrogens (tertiary/aromatic N) is 2. The summed E-state index contributed by atoms with van der Waals surface area (Å²) in [5, 5.41) is 6.39. The molecule has 0 spiro atoms. The van der Waals surface area contributed by atoms with Crippen LogP contribution in [0.3, 0.4) is 0 Å². The number of fused-ring (bicyclic) bond motifs is 7. The molecule has 2 aliphatic rings. The average Bonchev–Trinajstić information content (AvgIpc) is 3.31. The van der Waals surface area contributed by atoms with E-state index < -0.39 is 0 Å². The van der Waals surface area contributed by atoms with Crippen molar-refractivity contribution in [1.29, 1.82) is 0 Å². The van der Waals surface area contributed by atoms with Gasteiger partial charge in [-0.25, -0.2) is 0 Å². The minimum atomic E-state index is 0.859. The molecule has 0 amide bonds. The molecule has 2 heteroatoms. The summed E-state index contributed by atoms with van der Waals surface area (Å²) < 4.78 is 4.83. The zero-order valence-corrected chi connectivity index (χ0v) is 24.3. The Labute approximate surface area is 256 Å². The second-order valence-electron chi connectivity index (χ2n) is 11.7. The lowest BCUT2D eigenvalue weighted by atomic mass is 10.00. The molecule has 0 unspecified atom stereocenters. The van der Waals surface area contributed by atoms with E-state index in [9.17, 15) is 0 Å². The first kappa shape index (κ1) is 24.9. The number of hydrogen-bond donors (Lipinski definition) is 0. The predicted octanol–water partition coefficient (Wildman–Crippen LogP) is 8.90. The molecule has 0 aliphatic heterocycles. The topological polar surface area (TPSA) is 9.86 Å². The highest BCUT2D eigenvalue weighted by Gasteiger charge is 2.16. The Morgan fingerprint density at radius 3 is 2.18 bits per heavy atom. The maximum atomic E-state index is 2.45. The van der Waals surface area contributed by atoms with Crippen molar-refractivity contribution in [3.63, 3.8) is 0 Å². The SMILES string of the molecule is C1=CCc2ccc(-n3c4c(c5ccccc53)=CC=C(c3ccc5c(c3)c3ccccc3n5-c3ccccc3)CC=4)cc2C=C1. The first-order valence-corrected chi connectivity index (χ1v) is 15.4. The zero-order chi connectivity index (χ0) is 29.0. The Kier molecular flexibility index (Phi) is 5.67. The molecular weight excluding hydrogens is 532 g/mol. The highest BCUT2D eigenvalue weighted by atomic mass is 15.0. The van der Waals surface area contributed by atoms with Crippen LogP contribution in [-0.4, -0.2) is 9.13 Å². The molecule has 0 saturated carbocycles. The first-order valence-electron chi connectivity index (χ1n) is 15.4. The fourth-order valence-electron chi connectivity index (χ4n) is 7.13. The summed E-state index contributed by atoms with van der Waals surface area (Å²) >= 11 is 0. The van der Waals surface area contributed by atoms with Gasteiger partial charge in [-0.1, -0.05) is 109 Å². The van der Waals surface area contributed by atoms with Crippen LogP contribution in [0.15, 0.2) is 140 Å². The molecule has 0 radical (unpaired) electrons. The summed E-state index contributed by atoms with van der Waals surface area (Å²) in [6.45, 7) is 0. The average molecular weight is 563 g/mol. The first-order chi connectivity index (χ1) is 21.8. The van der Waals surface area contributed by atoms with Crippen molar-refractivity contribution in [1.82, 2.24) is 9.13 Å². The molecule has 0 saturated heterocycles. The molecule has 0 bridgehead atoms. The van der Waals surface area contributed by atoms with Gasteiger partial charge in [0.2, 0.25) is 0 Å². The third kappa shape index (κ3) is 3.88. The van der Waals surface area contributed by atoms with Gasteiger partial charge in [-0.2, -0.15) is 0 Å². The summed E-state index contributed by atoms with van der Waals surface area (Å²) in [6, 6.07) is 42.1. The molecule has 2 nitrogen and oxygen atoms in total. The van der Waals surface area contributed by atoms with E-state index in [-0.39, 0.29) is 0 Å². The van der Waals surface area contributed by atoms with E-state index in [1.54, 1.807) is 0 Å². The van der Waals surface area contributed by atoms with E-state index in [1.165, 1.54) is 76.9 Å². The lowest BCUT2D eigenvalue weighted by molar-refractivity contribution is 1.06. The fourth-order valence-corrected chi connectivity index (χ4v) is 7.13. The van der Waals surface area contributed by atoms with Gasteiger partial charge < -0.3 is 9.13 Å². The van der Waals surface area contributed by atoms with Crippen molar-refractivity contribution in [2.45, 2.75) is 12.8 Å². The molecule has 7 aromatic rings. The monoisotopic (exact) mass is 562 g/mol. The van der Waals surface area contributed by atoms with Crippen LogP contribution < -0.4 is 10.6 Å². The van der Waals surface area contributed by atoms with Gasteiger partial charge in [-0.3, -0.25) is 0 Å². The van der Waals surface area contributed by atoms with Crippen molar-refractivity contribution in [2.24, 2.45) is 0 Å². The zero-order valence-electron chi connectivity index (χ0n) is 24.3. The fraction of sp³-hybridized carbons (Fsp3) is 0.0476.